The molecule has 0 aromatic heterocycles. The van der Waals surface area contributed by atoms with Gasteiger partial charge in [-0.3, -0.25) is 19.3 Å². The number of imide groups is 1. The van der Waals surface area contributed by atoms with Crippen LogP contribution in [0.1, 0.15) is 41.5 Å². The fourth-order valence-electron chi connectivity index (χ4n) is 2.16. The van der Waals surface area contributed by atoms with Gasteiger partial charge in [-0.1, -0.05) is 32.9 Å². The summed E-state index contributed by atoms with van der Waals surface area (Å²) >= 11 is 1.23. The van der Waals surface area contributed by atoms with Crippen LogP contribution in [0, 0.1) is 0 Å². The normalized spacial score (nSPS) is 16.0. The maximum atomic E-state index is 12.2. The van der Waals surface area contributed by atoms with Crippen molar-refractivity contribution in [2.24, 2.45) is 0 Å². The molecule has 1 atom stereocenters. The largest absolute Gasteiger partial charge is 0.480 e. The van der Waals surface area contributed by atoms with Gasteiger partial charge >= 0.3 is 5.97 Å². The summed E-state index contributed by atoms with van der Waals surface area (Å²) in [7, 11) is 0. The molecule has 2 rings (SSSR count). The second-order valence-corrected chi connectivity index (χ2v) is 7.85. The molecule has 0 unspecified atom stereocenters. The number of carboxylic acid groups (broad SMARTS) is 1. The van der Waals surface area contributed by atoms with Crippen LogP contribution in [0.3, 0.4) is 0 Å². The summed E-state index contributed by atoms with van der Waals surface area (Å²) < 4.78 is -0.276. The molecule has 6 heteroatoms. The maximum absolute atomic E-state index is 12.2. The van der Waals surface area contributed by atoms with Crippen molar-refractivity contribution in [3.63, 3.8) is 0 Å². The molecule has 0 bridgehead atoms. The van der Waals surface area contributed by atoms with Crippen molar-refractivity contribution in [2.75, 3.05) is 6.54 Å². The van der Waals surface area contributed by atoms with E-state index < -0.39 is 23.0 Å². The number of thioether (sulfide) groups is 1. The summed E-state index contributed by atoms with van der Waals surface area (Å²) in [4.78, 5) is 36.9. The minimum absolute atomic E-state index is 0.121. The molecule has 0 fully saturated rings. The standard InChI is InChI=1S/C15H17NO4S/c1-15(2,3)21-11(14(19)20)8-16-12(17)9-6-4-5-7-10(9)13(16)18/h4-7,11H,8H2,1-3H3,(H,19,20)/t11-/m0/s1. The number of benzene rings is 1. The third-order valence-electron chi connectivity index (χ3n) is 3.00. The van der Waals surface area contributed by atoms with Crippen LogP contribution in [0.5, 0.6) is 0 Å². The second-order valence-electron chi connectivity index (χ2n) is 5.82. The molecule has 0 radical (unpaired) electrons. The summed E-state index contributed by atoms with van der Waals surface area (Å²) in [5, 5.41) is 8.48. The van der Waals surface area contributed by atoms with E-state index in [1.807, 2.05) is 20.8 Å². The predicted octanol–water partition coefficient (Wildman–Crippen LogP) is 2.27. The average Bonchev–Trinajstić information content (AvgIpc) is 2.62. The number of fused-ring (bicyclic) bond motifs is 1. The zero-order chi connectivity index (χ0) is 15.8. The van der Waals surface area contributed by atoms with E-state index in [0.717, 1.165) is 4.90 Å². The quantitative estimate of drug-likeness (QED) is 0.864. The Kier molecular flexibility index (Phi) is 4.09. The fraction of sp³-hybridized carbons (Fsp3) is 0.400. The summed E-state index contributed by atoms with van der Waals surface area (Å²) in [5.41, 5.74) is 0.680. The van der Waals surface area contributed by atoms with E-state index in [1.165, 1.54) is 11.8 Å². The van der Waals surface area contributed by atoms with Gasteiger partial charge in [-0.25, -0.2) is 0 Å². The molecule has 1 aromatic carbocycles. The van der Waals surface area contributed by atoms with Crippen LogP contribution in [0.15, 0.2) is 24.3 Å². The van der Waals surface area contributed by atoms with E-state index in [4.69, 9.17) is 0 Å². The highest BCUT2D eigenvalue weighted by atomic mass is 32.2. The fourth-order valence-corrected chi connectivity index (χ4v) is 3.34. The van der Waals surface area contributed by atoms with Crippen molar-refractivity contribution in [3.05, 3.63) is 35.4 Å². The number of carbonyl (C=O) groups excluding carboxylic acids is 2. The highest BCUT2D eigenvalue weighted by molar-refractivity contribution is 8.01. The third kappa shape index (κ3) is 3.26. The summed E-state index contributed by atoms with van der Waals surface area (Å²) in [6, 6.07) is 6.54. The number of rotatable bonds is 4. The average molecular weight is 307 g/mol. The second kappa shape index (κ2) is 5.52. The molecule has 112 valence electrons. The molecule has 1 N–H and O–H groups in total. The molecular weight excluding hydrogens is 290 g/mol. The van der Waals surface area contributed by atoms with Gasteiger partial charge in [0.1, 0.15) is 5.25 Å². The van der Waals surface area contributed by atoms with Gasteiger partial charge in [-0.05, 0) is 12.1 Å². The molecule has 2 amide bonds. The van der Waals surface area contributed by atoms with Gasteiger partial charge in [-0.2, -0.15) is 0 Å². The van der Waals surface area contributed by atoms with Crippen LogP contribution < -0.4 is 0 Å². The number of amides is 2. The smallest absolute Gasteiger partial charge is 0.318 e. The van der Waals surface area contributed by atoms with Gasteiger partial charge in [0.25, 0.3) is 11.8 Å². The van der Waals surface area contributed by atoms with Gasteiger partial charge in [-0.15, -0.1) is 11.8 Å². The molecule has 1 aromatic rings. The molecule has 0 saturated heterocycles. The first-order chi connectivity index (χ1) is 9.70. The van der Waals surface area contributed by atoms with Crippen LogP contribution in [-0.4, -0.2) is 44.3 Å². The number of carboxylic acids is 1. The topological polar surface area (TPSA) is 74.7 Å². The van der Waals surface area contributed by atoms with E-state index in [0.29, 0.717) is 11.1 Å². The summed E-state index contributed by atoms with van der Waals surface area (Å²) in [6.07, 6.45) is 0. The SMILES string of the molecule is CC(C)(C)S[C@@H](CN1C(=O)c2ccccc2C1=O)C(=O)O. The molecule has 0 aliphatic carbocycles. The van der Waals surface area contributed by atoms with Crippen molar-refractivity contribution >= 4 is 29.5 Å². The summed E-state index contributed by atoms with van der Waals surface area (Å²) in [6.45, 7) is 5.57. The third-order valence-corrected chi connectivity index (χ3v) is 4.34. The van der Waals surface area contributed by atoms with E-state index in [1.54, 1.807) is 24.3 Å². The Morgan fingerprint density at radius 1 is 1.19 bits per heavy atom. The number of nitrogens with zero attached hydrogens (tertiary/aromatic N) is 1. The Hall–Kier alpha value is -1.82. The lowest BCUT2D eigenvalue weighted by Gasteiger charge is -2.25. The Balaban J connectivity index is 2.22. The van der Waals surface area contributed by atoms with Gasteiger partial charge < -0.3 is 5.11 Å². The molecule has 5 nitrogen and oxygen atoms in total. The monoisotopic (exact) mass is 307 g/mol. The molecule has 1 heterocycles. The van der Waals surface area contributed by atoms with E-state index >= 15 is 0 Å². The number of carbonyl (C=O) groups is 3. The first kappa shape index (κ1) is 15.6. The van der Waals surface area contributed by atoms with E-state index in [2.05, 4.69) is 0 Å². The van der Waals surface area contributed by atoms with Crippen molar-refractivity contribution < 1.29 is 19.5 Å². The van der Waals surface area contributed by atoms with Crippen molar-refractivity contribution in [1.29, 1.82) is 0 Å². The van der Waals surface area contributed by atoms with Gasteiger partial charge in [0, 0.05) is 4.75 Å². The van der Waals surface area contributed by atoms with Gasteiger partial charge in [0.2, 0.25) is 0 Å². The van der Waals surface area contributed by atoms with Crippen LogP contribution in [0.4, 0.5) is 0 Å². The summed E-state index contributed by atoms with van der Waals surface area (Å²) in [5.74, 6) is -1.86. The zero-order valence-electron chi connectivity index (χ0n) is 12.1. The maximum Gasteiger partial charge on any atom is 0.318 e. The van der Waals surface area contributed by atoms with Gasteiger partial charge in [0.05, 0.1) is 17.7 Å². The number of hydrogen-bond acceptors (Lipinski definition) is 4. The lowest BCUT2D eigenvalue weighted by molar-refractivity contribution is -0.136. The highest BCUT2D eigenvalue weighted by Crippen LogP contribution is 2.31. The van der Waals surface area contributed by atoms with Crippen LogP contribution >= 0.6 is 11.8 Å². The Labute approximate surface area is 127 Å². The van der Waals surface area contributed by atoms with Gasteiger partial charge in [0.15, 0.2) is 0 Å². The number of hydrogen-bond donors (Lipinski definition) is 1. The minimum Gasteiger partial charge on any atom is -0.480 e. The van der Waals surface area contributed by atoms with Crippen LogP contribution in [-0.2, 0) is 4.79 Å². The number of aliphatic carboxylic acids is 1. The molecule has 0 saturated carbocycles. The van der Waals surface area contributed by atoms with Crippen LogP contribution in [0.2, 0.25) is 0 Å². The minimum atomic E-state index is -1.02. The molecule has 0 spiro atoms. The van der Waals surface area contributed by atoms with E-state index in [9.17, 15) is 19.5 Å². The highest BCUT2D eigenvalue weighted by Gasteiger charge is 2.38. The van der Waals surface area contributed by atoms with Crippen molar-refractivity contribution in [3.8, 4) is 0 Å². The van der Waals surface area contributed by atoms with Crippen LogP contribution in [0.25, 0.3) is 0 Å². The predicted molar refractivity (Wildman–Crippen MR) is 80.6 cm³/mol. The Morgan fingerprint density at radius 3 is 2.05 bits per heavy atom. The first-order valence-electron chi connectivity index (χ1n) is 6.56. The van der Waals surface area contributed by atoms with E-state index in [-0.39, 0.29) is 11.3 Å². The Bertz CT molecular complexity index is 571. The molecule has 1 aliphatic heterocycles. The Morgan fingerprint density at radius 2 is 1.67 bits per heavy atom. The molecular formula is C15H17NO4S. The zero-order valence-corrected chi connectivity index (χ0v) is 12.9. The molecule has 1 aliphatic rings. The van der Waals surface area contributed by atoms with Crippen molar-refractivity contribution in [1.82, 2.24) is 4.90 Å². The van der Waals surface area contributed by atoms with Crippen molar-refractivity contribution in [2.45, 2.75) is 30.8 Å². The molecule has 21 heavy (non-hydrogen) atoms. The lowest BCUT2D eigenvalue weighted by atomic mass is 10.1. The first-order valence-corrected chi connectivity index (χ1v) is 7.44. The lowest BCUT2D eigenvalue weighted by Crippen LogP contribution is -2.40.